The highest BCUT2D eigenvalue weighted by atomic mass is 16.5. The molecule has 2 heterocycles. The molecule has 3 N–H and O–H groups in total. The van der Waals surface area contributed by atoms with Gasteiger partial charge in [0.1, 0.15) is 12.2 Å². The Labute approximate surface area is 93.5 Å². The van der Waals surface area contributed by atoms with E-state index in [1.165, 1.54) is 0 Å². The Balaban J connectivity index is 2.13. The van der Waals surface area contributed by atoms with Gasteiger partial charge in [0.25, 0.3) is 6.23 Å². The summed E-state index contributed by atoms with van der Waals surface area (Å²) in [5.41, 5.74) is 0. The van der Waals surface area contributed by atoms with E-state index in [9.17, 15) is 10.2 Å². The smallest absolute Gasteiger partial charge is 0.265 e. The van der Waals surface area contributed by atoms with Crippen molar-refractivity contribution in [2.45, 2.75) is 31.0 Å². The van der Waals surface area contributed by atoms with E-state index >= 15 is 0 Å². The van der Waals surface area contributed by atoms with Crippen LogP contribution in [0.3, 0.4) is 0 Å². The maximum atomic E-state index is 9.66. The SMILES string of the molecule is OC[C@H]1OC([n+]2ccccc2)C[C@@H](O)[C@@H]1O. The molecular formula is C11H16NO4+. The van der Waals surface area contributed by atoms with Gasteiger partial charge in [-0.05, 0) is 0 Å². The molecule has 1 aliphatic rings. The molecule has 0 aliphatic carbocycles. The minimum Gasteiger partial charge on any atom is -0.394 e. The van der Waals surface area contributed by atoms with Crippen molar-refractivity contribution < 1.29 is 24.6 Å². The molecule has 5 heteroatoms. The van der Waals surface area contributed by atoms with Crippen molar-refractivity contribution in [2.75, 3.05) is 6.61 Å². The zero-order chi connectivity index (χ0) is 11.5. The zero-order valence-electron chi connectivity index (χ0n) is 8.81. The van der Waals surface area contributed by atoms with E-state index in [-0.39, 0.29) is 12.8 Å². The number of pyridine rings is 1. The third-order valence-electron chi connectivity index (χ3n) is 2.80. The Hall–Kier alpha value is -1.01. The van der Waals surface area contributed by atoms with E-state index < -0.39 is 18.3 Å². The lowest BCUT2D eigenvalue weighted by atomic mass is 10.0. The lowest BCUT2D eigenvalue weighted by Crippen LogP contribution is -2.54. The van der Waals surface area contributed by atoms with Crippen molar-refractivity contribution in [1.29, 1.82) is 0 Å². The van der Waals surface area contributed by atoms with E-state index in [1.807, 2.05) is 30.6 Å². The molecule has 5 nitrogen and oxygen atoms in total. The maximum Gasteiger partial charge on any atom is 0.265 e. The van der Waals surface area contributed by atoms with Gasteiger partial charge in [0.05, 0.1) is 19.1 Å². The molecule has 0 radical (unpaired) electrons. The van der Waals surface area contributed by atoms with Gasteiger partial charge in [0.15, 0.2) is 12.4 Å². The molecule has 88 valence electrons. The summed E-state index contributed by atoms with van der Waals surface area (Å²) in [5, 5.41) is 28.3. The van der Waals surface area contributed by atoms with Crippen LogP contribution in [-0.4, -0.2) is 40.2 Å². The second-order valence-electron chi connectivity index (χ2n) is 3.93. The van der Waals surface area contributed by atoms with Gasteiger partial charge < -0.3 is 20.1 Å². The monoisotopic (exact) mass is 226 g/mol. The molecule has 1 saturated heterocycles. The van der Waals surface area contributed by atoms with Crippen LogP contribution in [0, 0.1) is 0 Å². The van der Waals surface area contributed by atoms with Crippen LogP contribution in [-0.2, 0) is 4.74 Å². The summed E-state index contributed by atoms with van der Waals surface area (Å²) in [4.78, 5) is 0. The number of hydrogen-bond acceptors (Lipinski definition) is 4. The summed E-state index contributed by atoms with van der Waals surface area (Å²) in [6.45, 7) is -0.303. The summed E-state index contributed by atoms with van der Waals surface area (Å²) in [6, 6.07) is 5.59. The predicted molar refractivity (Wildman–Crippen MR) is 54.3 cm³/mol. The molecule has 0 spiro atoms. The Morgan fingerprint density at radius 1 is 1.19 bits per heavy atom. The molecule has 1 aromatic heterocycles. The first-order valence-corrected chi connectivity index (χ1v) is 5.30. The minimum atomic E-state index is -1.02. The van der Waals surface area contributed by atoms with E-state index in [0.717, 1.165) is 0 Å². The van der Waals surface area contributed by atoms with Crippen LogP contribution in [0.1, 0.15) is 12.6 Å². The first kappa shape index (κ1) is 11.5. The molecule has 1 aromatic rings. The molecule has 0 saturated carbocycles. The minimum absolute atomic E-state index is 0.303. The van der Waals surface area contributed by atoms with Crippen molar-refractivity contribution in [3.63, 3.8) is 0 Å². The number of hydrogen-bond donors (Lipinski definition) is 3. The molecule has 1 fully saturated rings. The van der Waals surface area contributed by atoms with Gasteiger partial charge in [-0.1, -0.05) is 6.07 Å². The number of aliphatic hydroxyl groups is 3. The van der Waals surface area contributed by atoms with Gasteiger partial charge in [-0.2, -0.15) is 4.57 Å². The first-order chi connectivity index (χ1) is 7.72. The van der Waals surface area contributed by atoms with Crippen molar-refractivity contribution in [2.24, 2.45) is 0 Å². The number of rotatable bonds is 2. The molecule has 4 atom stereocenters. The number of ether oxygens (including phenoxy) is 1. The quantitative estimate of drug-likeness (QED) is 0.564. The van der Waals surface area contributed by atoms with Gasteiger partial charge in [-0.25, -0.2) is 0 Å². The van der Waals surface area contributed by atoms with Crippen LogP contribution >= 0.6 is 0 Å². The van der Waals surface area contributed by atoms with Gasteiger partial charge >= 0.3 is 0 Å². The lowest BCUT2D eigenvalue weighted by molar-refractivity contribution is -0.770. The highest BCUT2D eigenvalue weighted by Gasteiger charge is 2.40. The van der Waals surface area contributed by atoms with Crippen molar-refractivity contribution in [3.05, 3.63) is 30.6 Å². The van der Waals surface area contributed by atoms with Crippen molar-refractivity contribution in [3.8, 4) is 0 Å². The standard InChI is InChI=1S/C11H16NO4/c13-7-9-11(15)8(14)6-10(16-9)12-4-2-1-3-5-12/h1-5,8-11,13-15H,6-7H2/q+1/t8-,9-,10?,11+/m1/s1. The number of nitrogens with zero attached hydrogens (tertiary/aromatic N) is 1. The summed E-state index contributed by atoms with van der Waals surface area (Å²) >= 11 is 0. The normalized spacial score (nSPS) is 34.9. The molecule has 0 amide bonds. The molecule has 0 bridgehead atoms. The Morgan fingerprint density at radius 2 is 1.88 bits per heavy atom. The average Bonchev–Trinajstić information content (AvgIpc) is 2.33. The predicted octanol–water partition coefficient (Wildman–Crippen LogP) is -1.02. The Kier molecular flexibility index (Phi) is 3.50. The fourth-order valence-electron chi connectivity index (χ4n) is 1.88. The molecule has 1 aliphatic heterocycles. The highest BCUT2D eigenvalue weighted by Crippen LogP contribution is 2.23. The lowest BCUT2D eigenvalue weighted by Gasteiger charge is -2.33. The largest absolute Gasteiger partial charge is 0.394 e. The summed E-state index contributed by atoms with van der Waals surface area (Å²) in [5.74, 6) is 0. The van der Waals surface area contributed by atoms with Crippen LogP contribution in [0.4, 0.5) is 0 Å². The second kappa shape index (κ2) is 4.88. The van der Waals surface area contributed by atoms with Crippen LogP contribution in [0.15, 0.2) is 30.6 Å². The van der Waals surface area contributed by atoms with Crippen LogP contribution < -0.4 is 4.57 Å². The van der Waals surface area contributed by atoms with E-state index in [4.69, 9.17) is 9.84 Å². The summed E-state index contributed by atoms with van der Waals surface area (Å²) in [6.07, 6.45) is 0.978. The van der Waals surface area contributed by atoms with Gasteiger partial charge in [-0.3, -0.25) is 0 Å². The van der Waals surface area contributed by atoms with Gasteiger partial charge in [0, 0.05) is 12.1 Å². The van der Waals surface area contributed by atoms with Crippen molar-refractivity contribution in [1.82, 2.24) is 0 Å². The van der Waals surface area contributed by atoms with Gasteiger partial charge in [-0.15, -0.1) is 0 Å². The Bertz CT molecular complexity index is 332. The molecule has 2 rings (SSSR count). The second-order valence-corrected chi connectivity index (χ2v) is 3.93. The van der Waals surface area contributed by atoms with Crippen LogP contribution in [0.5, 0.6) is 0 Å². The fraction of sp³-hybridized carbons (Fsp3) is 0.545. The highest BCUT2D eigenvalue weighted by molar-refractivity contribution is 4.85. The third kappa shape index (κ3) is 2.22. The topological polar surface area (TPSA) is 73.8 Å². The number of aliphatic hydroxyl groups excluding tert-OH is 3. The van der Waals surface area contributed by atoms with Crippen LogP contribution in [0.2, 0.25) is 0 Å². The van der Waals surface area contributed by atoms with Crippen LogP contribution in [0.25, 0.3) is 0 Å². The van der Waals surface area contributed by atoms with Crippen molar-refractivity contribution >= 4 is 0 Å². The van der Waals surface area contributed by atoms with E-state index in [0.29, 0.717) is 6.42 Å². The average molecular weight is 226 g/mol. The zero-order valence-corrected chi connectivity index (χ0v) is 8.81. The summed E-state index contributed by atoms with van der Waals surface area (Å²) < 4.78 is 7.31. The molecule has 1 unspecified atom stereocenters. The fourth-order valence-corrected chi connectivity index (χ4v) is 1.88. The first-order valence-electron chi connectivity index (χ1n) is 5.30. The third-order valence-corrected chi connectivity index (χ3v) is 2.80. The van der Waals surface area contributed by atoms with E-state index in [2.05, 4.69) is 0 Å². The summed E-state index contributed by atoms with van der Waals surface area (Å²) in [7, 11) is 0. The maximum absolute atomic E-state index is 9.66. The molecule has 0 aromatic carbocycles. The van der Waals surface area contributed by atoms with E-state index in [1.54, 1.807) is 4.57 Å². The van der Waals surface area contributed by atoms with Gasteiger partial charge in [0.2, 0.25) is 0 Å². The number of aromatic nitrogens is 1. The molecule has 16 heavy (non-hydrogen) atoms. The molecular weight excluding hydrogens is 210 g/mol. The Morgan fingerprint density at radius 3 is 2.50 bits per heavy atom.